The first-order valence-electron chi connectivity index (χ1n) is 8.96. The predicted octanol–water partition coefficient (Wildman–Crippen LogP) is 4.67. The van der Waals surface area contributed by atoms with E-state index >= 15 is 0 Å². The van der Waals surface area contributed by atoms with Gasteiger partial charge >= 0.3 is 6.18 Å². The molecule has 3 aromatic rings. The van der Waals surface area contributed by atoms with Crippen LogP contribution in [-0.4, -0.2) is 21.2 Å². The molecule has 0 saturated heterocycles. The quantitative estimate of drug-likeness (QED) is 0.553. The summed E-state index contributed by atoms with van der Waals surface area (Å²) in [6.45, 7) is 1.88. The van der Waals surface area contributed by atoms with Gasteiger partial charge in [0, 0.05) is 16.8 Å². The molecule has 0 aliphatic rings. The van der Waals surface area contributed by atoms with E-state index in [0.717, 1.165) is 29.2 Å². The average molecular weight is 433 g/mol. The molecule has 1 heterocycles. The highest BCUT2D eigenvalue weighted by molar-refractivity contribution is 7.03. The van der Waals surface area contributed by atoms with Gasteiger partial charge < -0.3 is 11.1 Å². The van der Waals surface area contributed by atoms with Gasteiger partial charge in [0.25, 0.3) is 5.91 Å². The molecule has 2 aromatic carbocycles. The molecule has 30 heavy (non-hydrogen) atoms. The van der Waals surface area contributed by atoms with E-state index in [1.807, 2.05) is 6.92 Å². The molecular formula is C20H18F3N5OS. The van der Waals surface area contributed by atoms with Crippen molar-refractivity contribution < 1.29 is 18.0 Å². The molecule has 3 rings (SSSR count). The minimum atomic E-state index is -4.44. The van der Waals surface area contributed by atoms with Gasteiger partial charge in [0.05, 0.1) is 5.56 Å². The maximum Gasteiger partial charge on any atom is 0.416 e. The molecule has 0 spiro atoms. The van der Waals surface area contributed by atoms with Crippen molar-refractivity contribution in [1.29, 1.82) is 0 Å². The van der Waals surface area contributed by atoms with Crippen LogP contribution in [0.1, 0.15) is 46.7 Å². The topological polar surface area (TPSA) is 93.3 Å². The van der Waals surface area contributed by atoms with Crippen LogP contribution in [0.15, 0.2) is 58.9 Å². The van der Waals surface area contributed by atoms with Crippen molar-refractivity contribution >= 4 is 28.8 Å². The van der Waals surface area contributed by atoms with Gasteiger partial charge in [0.1, 0.15) is 6.17 Å². The van der Waals surface area contributed by atoms with Gasteiger partial charge in [-0.2, -0.15) is 13.2 Å². The van der Waals surface area contributed by atoms with Gasteiger partial charge in [-0.15, -0.1) is 5.10 Å². The monoisotopic (exact) mass is 433 g/mol. The van der Waals surface area contributed by atoms with Crippen LogP contribution in [0.3, 0.4) is 0 Å². The SMILES string of the molecule is CCC(=NC(N)c1cccc(C(F)(F)F)c1)c1ccc(NC(=O)c2csnn2)cc1. The Morgan fingerprint density at radius 3 is 2.57 bits per heavy atom. The number of carbonyl (C=O) groups is 1. The number of rotatable bonds is 6. The van der Waals surface area contributed by atoms with E-state index in [2.05, 4.69) is 19.9 Å². The maximum atomic E-state index is 12.9. The molecule has 0 saturated carbocycles. The van der Waals surface area contributed by atoms with Crippen molar-refractivity contribution in [2.75, 3.05) is 5.32 Å². The number of nitrogens with two attached hydrogens (primary N) is 1. The molecule has 0 aliphatic carbocycles. The number of anilines is 1. The summed E-state index contributed by atoms with van der Waals surface area (Å²) in [4.78, 5) is 16.4. The zero-order chi connectivity index (χ0) is 21.7. The van der Waals surface area contributed by atoms with Gasteiger partial charge in [0.15, 0.2) is 5.69 Å². The number of hydrogen-bond donors (Lipinski definition) is 2. The number of aliphatic imine (C=N–C) groups is 1. The zero-order valence-corrected chi connectivity index (χ0v) is 16.7. The molecule has 10 heteroatoms. The number of carbonyl (C=O) groups excluding carboxylic acids is 1. The first-order valence-corrected chi connectivity index (χ1v) is 9.80. The Morgan fingerprint density at radius 2 is 1.97 bits per heavy atom. The fourth-order valence-electron chi connectivity index (χ4n) is 2.72. The lowest BCUT2D eigenvalue weighted by Crippen LogP contribution is -2.14. The first-order chi connectivity index (χ1) is 14.3. The Balaban J connectivity index is 1.76. The van der Waals surface area contributed by atoms with Crippen molar-refractivity contribution in [3.63, 3.8) is 0 Å². The number of halogens is 3. The number of nitrogens with zero attached hydrogens (tertiary/aromatic N) is 3. The Hall–Kier alpha value is -3.11. The Bertz CT molecular complexity index is 1030. The molecule has 156 valence electrons. The van der Waals surface area contributed by atoms with Crippen LogP contribution >= 0.6 is 11.5 Å². The normalized spacial score (nSPS) is 13.2. The predicted molar refractivity (Wildman–Crippen MR) is 110 cm³/mol. The zero-order valence-electron chi connectivity index (χ0n) is 15.8. The van der Waals surface area contributed by atoms with Crippen LogP contribution in [0.5, 0.6) is 0 Å². The smallest absolute Gasteiger partial charge is 0.321 e. The summed E-state index contributed by atoms with van der Waals surface area (Å²) in [5.41, 5.74) is 7.75. The highest BCUT2D eigenvalue weighted by atomic mass is 32.1. The molecule has 0 fully saturated rings. The lowest BCUT2D eigenvalue weighted by molar-refractivity contribution is -0.137. The number of amides is 1. The molecule has 1 atom stereocenters. The number of nitrogens with one attached hydrogen (secondary N) is 1. The second-order valence-corrected chi connectivity index (χ2v) is 6.93. The standard InChI is InChI=1S/C20H18F3N5OS/c1-2-16(26-18(24)13-4-3-5-14(10-13)20(21,22)23)12-6-8-15(9-7-12)25-19(29)17-11-30-28-27-17/h3-11,18H,2,24H2,1H3,(H,25,29). The van der Waals surface area contributed by atoms with Crippen LogP contribution in [-0.2, 0) is 6.18 Å². The minimum Gasteiger partial charge on any atom is -0.321 e. The van der Waals surface area contributed by atoms with Gasteiger partial charge in [-0.05, 0) is 53.3 Å². The second kappa shape index (κ2) is 9.14. The second-order valence-electron chi connectivity index (χ2n) is 6.32. The minimum absolute atomic E-state index is 0.229. The number of benzene rings is 2. The fourth-order valence-corrected chi connectivity index (χ4v) is 3.15. The molecule has 6 nitrogen and oxygen atoms in total. The summed E-state index contributed by atoms with van der Waals surface area (Å²) in [6, 6.07) is 11.8. The molecule has 0 aliphatic heterocycles. The molecule has 0 radical (unpaired) electrons. The molecular weight excluding hydrogens is 415 g/mol. The van der Waals surface area contributed by atoms with Crippen LogP contribution in [0.2, 0.25) is 0 Å². The number of hydrogen-bond acceptors (Lipinski definition) is 6. The Kier molecular flexibility index (Phi) is 6.58. The van der Waals surface area contributed by atoms with Crippen molar-refractivity contribution in [2.45, 2.75) is 25.7 Å². The van der Waals surface area contributed by atoms with Crippen LogP contribution < -0.4 is 11.1 Å². The Labute approximate surface area is 174 Å². The highest BCUT2D eigenvalue weighted by Crippen LogP contribution is 2.30. The molecule has 1 aromatic heterocycles. The summed E-state index contributed by atoms with van der Waals surface area (Å²) in [6.07, 6.45) is -4.84. The number of alkyl halides is 3. The summed E-state index contributed by atoms with van der Waals surface area (Å²) >= 11 is 1.08. The molecule has 1 amide bonds. The van der Waals surface area contributed by atoms with Crippen molar-refractivity contribution in [3.8, 4) is 0 Å². The summed E-state index contributed by atoms with van der Waals surface area (Å²) in [5, 5.41) is 7.96. The molecule has 0 bridgehead atoms. The van der Waals surface area contributed by atoms with E-state index < -0.39 is 17.9 Å². The van der Waals surface area contributed by atoms with Crippen molar-refractivity contribution in [1.82, 2.24) is 9.59 Å². The molecule has 3 N–H and O–H groups in total. The van der Waals surface area contributed by atoms with E-state index in [0.29, 0.717) is 17.8 Å². The lowest BCUT2D eigenvalue weighted by atomic mass is 10.1. The maximum absolute atomic E-state index is 12.9. The van der Waals surface area contributed by atoms with E-state index in [9.17, 15) is 18.0 Å². The van der Waals surface area contributed by atoms with Gasteiger partial charge in [-0.25, -0.2) is 0 Å². The highest BCUT2D eigenvalue weighted by Gasteiger charge is 2.30. The van der Waals surface area contributed by atoms with Gasteiger partial charge in [-0.3, -0.25) is 9.79 Å². The van der Waals surface area contributed by atoms with E-state index in [-0.39, 0.29) is 17.2 Å². The Morgan fingerprint density at radius 1 is 1.23 bits per heavy atom. The van der Waals surface area contributed by atoms with Crippen molar-refractivity contribution in [2.24, 2.45) is 10.7 Å². The van der Waals surface area contributed by atoms with Crippen LogP contribution in [0.4, 0.5) is 18.9 Å². The number of aromatic nitrogens is 2. The van der Waals surface area contributed by atoms with Crippen LogP contribution in [0.25, 0.3) is 0 Å². The summed E-state index contributed by atoms with van der Waals surface area (Å²) in [5.74, 6) is -0.368. The first kappa shape index (κ1) is 21.6. The van der Waals surface area contributed by atoms with Gasteiger partial charge in [0.2, 0.25) is 0 Å². The third-order valence-corrected chi connectivity index (χ3v) is 4.76. The van der Waals surface area contributed by atoms with E-state index in [1.165, 1.54) is 12.1 Å². The van der Waals surface area contributed by atoms with E-state index in [1.54, 1.807) is 29.6 Å². The summed E-state index contributed by atoms with van der Waals surface area (Å²) < 4.78 is 42.4. The third-order valence-electron chi connectivity index (χ3n) is 4.25. The van der Waals surface area contributed by atoms with E-state index in [4.69, 9.17) is 5.73 Å². The largest absolute Gasteiger partial charge is 0.416 e. The molecule has 1 unspecified atom stereocenters. The van der Waals surface area contributed by atoms with Gasteiger partial charge in [-0.1, -0.05) is 35.7 Å². The van der Waals surface area contributed by atoms with Crippen molar-refractivity contribution in [3.05, 3.63) is 76.3 Å². The lowest BCUT2D eigenvalue weighted by Gasteiger charge is -2.14. The third kappa shape index (κ3) is 5.28. The van der Waals surface area contributed by atoms with Crippen LogP contribution in [0, 0.1) is 0 Å². The average Bonchev–Trinajstić information content (AvgIpc) is 3.27. The fraction of sp³-hybridized carbons (Fsp3) is 0.200. The summed E-state index contributed by atoms with van der Waals surface area (Å²) in [7, 11) is 0.